The lowest BCUT2D eigenvalue weighted by molar-refractivity contribution is 0.302. The first-order valence-electron chi connectivity index (χ1n) is 7.21. The Morgan fingerprint density at radius 3 is 2.56 bits per heavy atom. The molecule has 1 aromatic carbocycles. The molecule has 1 aliphatic rings. The molecular weight excluding hydrogens is 242 g/mol. The van der Waals surface area contributed by atoms with Gasteiger partial charge in [0.1, 0.15) is 0 Å². The first-order valence-corrected chi connectivity index (χ1v) is 7.59. The molecule has 0 bridgehead atoms. The predicted molar refractivity (Wildman–Crippen MR) is 79.0 cm³/mol. The van der Waals surface area contributed by atoms with E-state index in [-0.39, 0.29) is 0 Å². The summed E-state index contributed by atoms with van der Waals surface area (Å²) in [6, 6.07) is 8.88. The lowest BCUT2D eigenvalue weighted by atomic mass is 9.86. The molecule has 2 rings (SSSR count). The Balaban J connectivity index is 2.15. The normalized spacial score (nSPS) is 25.3. The van der Waals surface area contributed by atoms with Crippen LogP contribution in [-0.2, 0) is 0 Å². The van der Waals surface area contributed by atoms with Gasteiger partial charge in [-0.1, -0.05) is 50.4 Å². The molecule has 18 heavy (non-hydrogen) atoms. The Bertz CT molecular complexity index is 360. The average Bonchev–Trinajstić information content (AvgIpc) is 2.78. The zero-order valence-electron chi connectivity index (χ0n) is 11.5. The molecule has 0 heterocycles. The zero-order valence-corrected chi connectivity index (χ0v) is 12.2. The van der Waals surface area contributed by atoms with E-state index >= 15 is 0 Å². The second-order valence-electron chi connectivity index (χ2n) is 5.56. The van der Waals surface area contributed by atoms with Gasteiger partial charge in [0.2, 0.25) is 0 Å². The van der Waals surface area contributed by atoms with Gasteiger partial charge in [0.15, 0.2) is 0 Å². The van der Waals surface area contributed by atoms with Crippen LogP contribution in [0.5, 0.6) is 0 Å². The molecule has 1 aromatic rings. The van der Waals surface area contributed by atoms with E-state index in [1.807, 2.05) is 12.1 Å². The molecule has 1 fully saturated rings. The summed E-state index contributed by atoms with van der Waals surface area (Å²) < 4.78 is 0. The fraction of sp³-hybridized carbons (Fsp3) is 0.625. The van der Waals surface area contributed by atoms with Crippen molar-refractivity contribution in [3.63, 3.8) is 0 Å². The molecule has 1 aliphatic carbocycles. The second kappa shape index (κ2) is 6.58. The maximum Gasteiger partial charge on any atom is 0.0406 e. The van der Waals surface area contributed by atoms with Crippen LogP contribution in [-0.4, -0.2) is 6.54 Å². The molecule has 0 radical (unpaired) electrons. The number of halogens is 1. The molecule has 0 spiro atoms. The maximum absolute atomic E-state index is 5.99. The molecule has 0 saturated heterocycles. The third-order valence-corrected chi connectivity index (χ3v) is 4.45. The van der Waals surface area contributed by atoms with Crippen LogP contribution in [0.1, 0.15) is 51.1 Å². The topological polar surface area (TPSA) is 12.0 Å². The van der Waals surface area contributed by atoms with Crippen LogP contribution in [0.3, 0.4) is 0 Å². The third kappa shape index (κ3) is 3.27. The molecule has 100 valence electrons. The van der Waals surface area contributed by atoms with Crippen molar-refractivity contribution in [1.29, 1.82) is 0 Å². The van der Waals surface area contributed by atoms with Gasteiger partial charge in [-0.05, 0) is 48.9 Å². The van der Waals surface area contributed by atoms with E-state index in [2.05, 4.69) is 31.3 Å². The molecule has 2 heteroatoms. The maximum atomic E-state index is 5.99. The van der Waals surface area contributed by atoms with Crippen LogP contribution in [0.2, 0.25) is 5.02 Å². The highest BCUT2D eigenvalue weighted by Gasteiger charge is 2.31. The summed E-state index contributed by atoms with van der Waals surface area (Å²) in [6.45, 7) is 5.72. The molecule has 0 aliphatic heterocycles. The summed E-state index contributed by atoms with van der Waals surface area (Å²) in [7, 11) is 0. The second-order valence-corrected chi connectivity index (χ2v) is 5.99. The van der Waals surface area contributed by atoms with E-state index in [1.165, 1.54) is 31.2 Å². The average molecular weight is 266 g/mol. The fourth-order valence-electron chi connectivity index (χ4n) is 3.16. The number of nitrogens with one attached hydrogen (secondary N) is 1. The van der Waals surface area contributed by atoms with Crippen LogP contribution < -0.4 is 5.32 Å². The van der Waals surface area contributed by atoms with Crippen molar-refractivity contribution >= 4 is 11.6 Å². The van der Waals surface area contributed by atoms with Crippen molar-refractivity contribution in [3.8, 4) is 0 Å². The first-order chi connectivity index (χ1) is 8.72. The minimum Gasteiger partial charge on any atom is -0.310 e. The molecule has 3 unspecified atom stereocenters. The van der Waals surface area contributed by atoms with Gasteiger partial charge < -0.3 is 5.32 Å². The molecule has 0 aromatic heterocycles. The summed E-state index contributed by atoms with van der Waals surface area (Å²) in [5, 5.41) is 4.56. The Morgan fingerprint density at radius 2 is 2.00 bits per heavy atom. The Kier molecular flexibility index (Phi) is 5.08. The van der Waals surface area contributed by atoms with Gasteiger partial charge in [0, 0.05) is 11.1 Å². The smallest absolute Gasteiger partial charge is 0.0406 e. The van der Waals surface area contributed by atoms with Crippen molar-refractivity contribution in [3.05, 3.63) is 34.9 Å². The summed E-state index contributed by atoms with van der Waals surface area (Å²) in [5.41, 5.74) is 1.40. The van der Waals surface area contributed by atoms with Gasteiger partial charge >= 0.3 is 0 Å². The van der Waals surface area contributed by atoms with Gasteiger partial charge in [-0.2, -0.15) is 0 Å². The minimum atomic E-state index is 0.500. The predicted octanol–water partition coefficient (Wildman–Crippen LogP) is 4.82. The van der Waals surface area contributed by atoms with Gasteiger partial charge in [-0.3, -0.25) is 0 Å². The molecule has 3 atom stereocenters. The highest BCUT2D eigenvalue weighted by atomic mass is 35.5. The van der Waals surface area contributed by atoms with Crippen LogP contribution in [0.15, 0.2) is 24.3 Å². The van der Waals surface area contributed by atoms with Gasteiger partial charge in [0.05, 0.1) is 0 Å². The van der Waals surface area contributed by atoms with Crippen LogP contribution >= 0.6 is 11.6 Å². The summed E-state index contributed by atoms with van der Waals surface area (Å²) in [4.78, 5) is 0. The largest absolute Gasteiger partial charge is 0.310 e. The van der Waals surface area contributed by atoms with E-state index in [4.69, 9.17) is 11.6 Å². The SMILES string of the molecule is CCCNC(c1ccc(Cl)cc1)C1CCCC1C. The molecule has 1 N–H and O–H groups in total. The van der Waals surface area contributed by atoms with Gasteiger partial charge in [-0.15, -0.1) is 0 Å². The quantitative estimate of drug-likeness (QED) is 0.805. The fourth-order valence-corrected chi connectivity index (χ4v) is 3.28. The van der Waals surface area contributed by atoms with Gasteiger partial charge in [-0.25, -0.2) is 0 Å². The first kappa shape index (κ1) is 13.9. The third-order valence-electron chi connectivity index (χ3n) is 4.20. The van der Waals surface area contributed by atoms with Crippen molar-refractivity contribution < 1.29 is 0 Å². The summed E-state index contributed by atoms with van der Waals surface area (Å²) >= 11 is 5.99. The van der Waals surface area contributed by atoms with Crippen molar-refractivity contribution in [2.45, 2.75) is 45.6 Å². The van der Waals surface area contributed by atoms with Crippen LogP contribution in [0, 0.1) is 11.8 Å². The zero-order chi connectivity index (χ0) is 13.0. The Labute approximate surface area is 116 Å². The van der Waals surface area contributed by atoms with E-state index in [0.717, 1.165) is 23.4 Å². The van der Waals surface area contributed by atoms with Crippen molar-refractivity contribution in [2.24, 2.45) is 11.8 Å². The number of rotatable bonds is 5. The van der Waals surface area contributed by atoms with E-state index < -0.39 is 0 Å². The van der Waals surface area contributed by atoms with Gasteiger partial charge in [0.25, 0.3) is 0 Å². The molecule has 0 amide bonds. The van der Waals surface area contributed by atoms with Crippen LogP contribution in [0.4, 0.5) is 0 Å². The Hall–Kier alpha value is -0.530. The van der Waals surface area contributed by atoms with E-state index in [0.29, 0.717) is 6.04 Å². The molecule has 1 nitrogen and oxygen atoms in total. The number of benzene rings is 1. The standard InChI is InChI=1S/C16H24ClN/c1-3-11-18-16(15-6-4-5-12(15)2)13-7-9-14(17)10-8-13/h7-10,12,15-16,18H,3-6,11H2,1-2H3. The minimum absolute atomic E-state index is 0.500. The highest BCUT2D eigenvalue weighted by Crippen LogP contribution is 2.40. The lowest BCUT2D eigenvalue weighted by Crippen LogP contribution is -2.30. The van der Waals surface area contributed by atoms with E-state index in [9.17, 15) is 0 Å². The van der Waals surface area contributed by atoms with Crippen LogP contribution in [0.25, 0.3) is 0 Å². The highest BCUT2D eigenvalue weighted by molar-refractivity contribution is 6.30. The Morgan fingerprint density at radius 1 is 1.28 bits per heavy atom. The molecule has 1 saturated carbocycles. The number of hydrogen-bond acceptors (Lipinski definition) is 1. The van der Waals surface area contributed by atoms with E-state index in [1.54, 1.807) is 0 Å². The number of hydrogen-bond donors (Lipinski definition) is 1. The lowest BCUT2D eigenvalue weighted by Gasteiger charge is -2.28. The molecular formula is C16H24ClN. The van der Waals surface area contributed by atoms with Crippen molar-refractivity contribution in [2.75, 3.05) is 6.54 Å². The summed E-state index contributed by atoms with van der Waals surface area (Å²) in [6.07, 6.45) is 5.29. The summed E-state index contributed by atoms with van der Waals surface area (Å²) in [5.74, 6) is 1.60. The monoisotopic (exact) mass is 265 g/mol. The van der Waals surface area contributed by atoms with Crippen molar-refractivity contribution in [1.82, 2.24) is 5.32 Å².